The van der Waals surface area contributed by atoms with Gasteiger partial charge in [-0.05, 0) is 48.1 Å². The van der Waals surface area contributed by atoms with Crippen molar-refractivity contribution in [1.29, 1.82) is 0 Å². The average molecular weight is 268 g/mol. The van der Waals surface area contributed by atoms with Gasteiger partial charge in [0.1, 0.15) is 6.10 Å². The van der Waals surface area contributed by atoms with E-state index < -0.39 is 6.10 Å². The van der Waals surface area contributed by atoms with E-state index in [1.165, 1.54) is 22.3 Å². The fourth-order valence-corrected chi connectivity index (χ4v) is 2.75. The van der Waals surface area contributed by atoms with Crippen LogP contribution in [0.25, 0.3) is 11.1 Å². The van der Waals surface area contributed by atoms with E-state index in [4.69, 9.17) is 4.74 Å². The first kappa shape index (κ1) is 13.3. The largest absolute Gasteiger partial charge is 0.386 e. The van der Waals surface area contributed by atoms with Gasteiger partial charge in [0.15, 0.2) is 0 Å². The van der Waals surface area contributed by atoms with E-state index in [-0.39, 0.29) is 6.10 Å². The van der Waals surface area contributed by atoms with Crippen LogP contribution >= 0.6 is 0 Å². The van der Waals surface area contributed by atoms with Crippen LogP contribution < -0.4 is 0 Å². The molecule has 0 aromatic heterocycles. The zero-order valence-corrected chi connectivity index (χ0v) is 12.0. The third-order valence-corrected chi connectivity index (χ3v) is 3.79. The highest BCUT2D eigenvalue weighted by molar-refractivity contribution is 5.76. The van der Waals surface area contributed by atoms with Crippen LogP contribution in [0.4, 0.5) is 0 Å². The summed E-state index contributed by atoms with van der Waals surface area (Å²) in [5, 5.41) is 10.2. The van der Waals surface area contributed by atoms with E-state index in [2.05, 4.69) is 36.4 Å². The quantitative estimate of drug-likeness (QED) is 0.781. The van der Waals surface area contributed by atoms with Gasteiger partial charge in [-0.1, -0.05) is 42.5 Å². The van der Waals surface area contributed by atoms with E-state index in [1.54, 1.807) is 0 Å². The Morgan fingerprint density at radius 1 is 1.05 bits per heavy atom. The molecular weight excluding hydrogens is 248 g/mol. The van der Waals surface area contributed by atoms with Gasteiger partial charge >= 0.3 is 0 Å². The summed E-state index contributed by atoms with van der Waals surface area (Å²) >= 11 is 0. The number of aliphatic hydroxyl groups is 1. The van der Waals surface area contributed by atoms with Gasteiger partial charge in [-0.2, -0.15) is 0 Å². The summed E-state index contributed by atoms with van der Waals surface area (Å²) < 4.78 is 5.49. The predicted octanol–water partition coefficient (Wildman–Crippen LogP) is 3.72. The minimum Gasteiger partial charge on any atom is -0.386 e. The van der Waals surface area contributed by atoms with Crippen molar-refractivity contribution in [1.82, 2.24) is 0 Å². The Morgan fingerprint density at radius 3 is 2.60 bits per heavy atom. The van der Waals surface area contributed by atoms with Crippen LogP contribution in [0.1, 0.15) is 36.6 Å². The summed E-state index contributed by atoms with van der Waals surface area (Å²) in [6.07, 6.45) is 0.548. The normalized spacial score (nSPS) is 14.2. The molecule has 0 saturated carbocycles. The van der Waals surface area contributed by atoms with Crippen molar-refractivity contribution in [2.75, 3.05) is 6.61 Å². The first-order valence-electron chi connectivity index (χ1n) is 7.16. The van der Waals surface area contributed by atoms with Gasteiger partial charge in [0, 0.05) is 0 Å². The molecule has 1 atom stereocenters. The van der Waals surface area contributed by atoms with E-state index in [0.717, 1.165) is 12.0 Å². The molecular formula is C18H20O2. The monoisotopic (exact) mass is 268 g/mol. The van der Waals surface area contributed by atoms with Crippen LogP contribution in [-0.2, 0) is 11.2 Å². The van der Waals surface area contributed by atoms with Crippen molar-refractivity contribution >= 4 is 0 Å². The summed E-state index contributed by atoms with van der Waals surface area (Å²) in [6, 6.07) is 14.7. The predicted molar refractivity (Wildman–Crippen MR) is 80.7 cm³/mol. The molecule has 0 fully saturated rings. The number of hydrogen-bond acceptors (Lipinski definition) is 2. The molecule has 0 aliphatic heterocycles. The third-order valence-electron chi connectivity index (χ3n) is 3.79. The highest BCUT2D eigenvalue weighted by Gasteiger charge is 2.19. The lowest BCUT2D eigenvalue weighted by molar-refractivity contribution is 0.00491. The molecule has 2 heteroatoms. The number of ether oxygens (including phenoxy) is 1. The van der Waals surface area contributed by atoms with Crippen LogP contribution in [0.3, 0.4) is 0 Å². The minimum atomic E-state index is -0.550. The Hall–Kier alpha value is -1.64. The van der Waals surface area contributed by atoms with E-state index in [1.807, 2.05) is 19.9 Å². The second-order valence-electron chi connectivity index (χ2n) is 5.65. The van der Waals surface area contributed by atoms with Gasteiger partial charge in [-0.25, -0.2) is 0 Å². The van der Waals surface area contributed by atoms with Gasteiger partial charge in [0.25, 0.3) is 0 Å². The molecule has 0 spiro atoms. The third kappa shape index (κ3) is 2.49. The lowest BCUT2D eigenvalue weighted by Gasteiger charge is -2.15. The van der Waals surface area contributed by atoms with Gasteiger partial charge in [0.2, 0.25) is 0 Å². The van der Waals surface area contributed by atoms with Crippen LogP contribution in [0.15, 0.2) is 42.5 Å². The molecule has 2 aromatic rings. The van der Waals surface area contributed by atoms with Gasteiger partial charge in [0.05, 0.1) is 12.7 Å². The number of benzene rings is 2. The second kappa shape index (κ2) is 5.39. The van der Waals surface area contributed by atoms with Crippen molar-refractivity contribution in [2.45, 2.75) is 32.5 Å². The molecule has 1 aliphatic carbocycles. The minimum absolute atomic E-state index is 0.142. The van der Waals surface area contributed by atoms with Crippen LogP contribution in [-0.4, -0.2) is 17.8 Å². The van der Waals surface area contributed by atoms with Gasteiger partial charge < -0.3 is 9.84 Å². The molecule has 0 saturated heterocycles. The molecule has 0 radical (unpaired) electrons. The lowest BCUT2D eigenvalue weighted by Crippen LogP contribution is -2.12. The number of fused-ring (bicyclic) bond motifs is 3. The smallest absolute Gasteiger partial charge is 0.102 e. The zero-order chi connectivity index (χ0) is 14.1. The Kier molecular flexibility index (Phi) is 3.60. The number of aliphatic hydroxyl groups excluding tert-OH is 1. The molecule has 0 amide bonds. The number of hydrogen-bond donors (Lipinski definition) is 1. The molecule has 2 aromatic carbocycles. The van der Waals surface area contributed by atoms with Crippen molar-refractivity contribution in [3.63, 3.8) is 0 Å². The topological polar surface area (TPSA) is 29.5 Å². The molecule has 1 aliphatic rings. The first-order chi connectivity index (χ1) is 9.65. The molecule has 3 rings (SSSR count). The highest BCUT2D eigenvalue weighted by Crippen LogP contribution is 2.37. The molecule has 104 valence electrons. The highest BCUT2D eigenvalue weighted by atomic mass is 16.5. The maximum Gasteiger partial charge on any atom is 0.102 e. The zero-order valence-electron chi connectivity index (χ0n) is 12.0. The Balaban J connectivity index is 1.83. The fourth-order valence-electron chi connectivity index (χ4n) is 2.75. The standard InChI is InChI=1S/C18H20O2/c1-12(2)20-11-18(19)14-7-8-17-15(10-14)9-13-5-3-4-6-16(13)17/h3-8,10,12,18-19H,9,11H2,1-2H3. The van der Waals surface area contributed by atoms with Crippen LogP contribution in [0.2, 0.25) is 0 Å². The summed E-state index contributed by atoms with van der Waals surface area (Å²) in [5.41, 5.74) is 6.22. The lowest BCUT2D eigenvalue weighted by atomic mass is 10.0. The van der Waals surface area contributed by atoms with Crippen molar-refractivity contribution < 1.29 is 9.84 Å². The molecule has 0 bridgehead atoms. The molecule has 20 heavy (non-hydrogen) atoms. The second-order valence-corrected chi connectivity index (χ2v) is 5.65. The molecule has 0 heterocycles. The van der Waals surface area contributed by atoms with Gasteiger partial charge in [-0.3, -0.25) is 0 Å². The average Bonchev–Trinajstić information content (AvgIpc) is 2.82. The van der Waals surface area contributed by atoms with Crippen LogP contribution in [0, 0.1) is 0 Å². The molecule has 2 nitrogen and oxygen atoms in total. The number of rotatable bonds is 4. The Bertz CT molecular complexity index is 617. The molecule has 1 N–H and O–H groups in total. The SMILES string of the molecule is CC(C)OCC(O)c1ccc2c(c1)Cc1ccccc1-2. The summed E-state index contributed by atoms with van der Waals surface area (Å²) in [7, 11) is 0. The van der Waals surface area contributed by atoms with E-state index in [0.29, 0.717) is 6.61 Å². The van der Waals surface area contributed by atoms with E-state index in [9.17, 15) is 5.11 Å². The van der Waals surface area contributed by atoms with Gasteiger partial charge in [-0.15, -0.1) is 0 Å². The van der Waals surface area contributed by atoms with Crippen LogP contribution in [0.5, 0.6) is 0 Å². The molecule has 1 unspecified atom stereocenters. The Labute approximate surface area is 120 Å². The maximum absolute atomic E-state index is 10.2. The van der Waals surface area contributed by atoms with E-state index >= 15 is 0 Å². The van der Waals surface area contributed by atoms with Crippen molar-refractivity contribution in [3.8, 4) is 11.1 Å². The van der Waals surface area contributed by atoms with Crippen molar-refractivity contribution in [3.05, 3.63) is 59.2 Å². The Morgan fingerprint density at radius 2 is 1.80 bits per heavy atom. The van der Waals surface area contributed by atoms with Crippen molar-refractivity contribution in [2.24, 2.45) is 0 Å². The summed E-state index contributed by atoms with van der Waals surface area (Å²) in [6.45, 7) is 4.31. The summed E-state index contributed by atoms with van der Waals surface area (Å²) in [5.74, 6) is 0. The first-order valence-corrected chi connectivity index (χ1v) is 7.16. The maximum atomic E-state index is 10.2. The fraction of sp³-hybridized carbons (Fsp3) is 0.333. The summed E-state index contributed by atoms with van der Waals surface area (Å²) in [4.78, 5) is 0.